The van der Waals surface area contributed by atoms with Gasteiger partial charge in [0.25, 0.3) is 0 Å². The highest BCUT2D eigenvalue weighted by atomic mass is 35.5. The average molecular weight is 254 g/mol. The minimum atomic E-state index is 0.0418. The summed E-state index contributed by atoms with van der Waals surface area (Å²) in [7, 11) is 0. The van der Waals surface area contributed by atoms with E-state index in [2.05, 4.69) is 10.1 Å². The zero-order chi connectivity index (χ0) is 12.3. The van der Waals surface area contributed by atoms with Gasteiger partial charge in [0.1, 0.15) is 0 Å². The van der Waals surface area contributed by atoms with Crippen molar-refractivity contribution in [2.24, 2.45) is 10.9 Å². The number of hydrogen-bond acceptors (Lipinski definition) is 3. The van der Waals surface area contributed by atoms with Crippen LogP contribution in [0.15, 0.2) is 23.4 Å². The number of hydrogen-bond donors (Lipinski definition) is 2. The second kappa shape index (κ2) is 5.27. The van der Waals surface area contributed by atoms with Gasteiger partial charge in [0, 0.05) is 24.3 Å². The number of piperidine rings is 1. The molecule has 0 atom stereocenters. The Morgan fingerprint density at radius 2 is 2.00 bits per heavy atom. The van der Waals surface area contributed by atoms with Crippen LogP contribution in [0.25, 0.3) is 0 Å². The van der Waals surface area contributed by atoms with Gasteiger partial charge >= 0.3 is 0 Å². The molecule has 0 unspecified atom stereocenters. The van der Waals surface area contributed by atoms with Gasteiger partial charge in [-0.2, -0.15) is 0 Å². The smallest absolute Gasteiger partial charge is 0.171 e. The second-order valence-electron chi connectivity index (χ2n) is 4.20. The summed E-state index contributed by atoms with van der Waals surface area (Å²) in [5.41, 5.74) is 7.19. The second-order valence-corrected chi connectivity index (χ2v) is 4.60. The van der Waals surface area contributed by atoms with E-state index in [4.69, 9.17) is 22.5 Å². The van der Waals surface area contributed by atoms with Crippen LogP contribution < -0.4 is 10.6 Å². The van der Waals surface area contributed by atoms with Crippen molar-refractivity contribution < 1.29 is 5.21 Å². The molecule has 0 radical (unpaired) electrons. The fourth-order valence-electron chi connectivity index (χ4n) is 2.11. The topological polar surface area (TPSA) is 61.9 Å². The van der Waals surface area contributed by atoms with Crippen LogP contribution in [0.3, 0.4) is 0 Å². The molecule has 1 aliphatic rings. The number of nitrogens with zero attached hydrogens (tertiary/aromatic N) is 2. The Morgan fingerprint density at radius 1 is 1.29 bits per heavy atom. The molecule has 0 amide bonds. The fourth-order valence-corrected chi connectivity index (χ4v) is 2.39. The van der Waals surface area contributed by atoms with Gasteiger partial charge in [-0.25, -0.2) is 0 Å². The third-order valence-electron chi connectivity index (χ3n) is 3.06. The molecule has 4 nitrogen and oxygen atoms in total. The van der Waals surface area contributed by atoms with E-state index in [-0.39, 0.29) is 5.84 Å². The van der Waals surface area contributed by atoms with Crippen LogP contribution in [-0.4, -0.2) is 24.1 Å². The van der Waals surface area contributed by atoms with E-state index in [1.54, 1.807) is 6.07 Å². The molecule has 0 aromatic heterocycles. The van der Waals surface area contributed by atoms with Crippen LogP contribution in [0.4, 0.5) is 5.69 Å². The molecular weight excluding hydrogens is 238 g/mol. The van der Waals surface area contributed by atoms with Crippen LogP contribution >= 0.6 is 11.6 Å². The van der Waals surface area contributed by atoms with Crippen molar-refractivity contribution in [3.8, 4) is 0 Å². The number of benzene rings is 1. The van der Waals surface area contributed by atoms with Gasteiger partial charge < -0.3 is 15.8 Å². The molecule has 0 bridgehead atoms. The third-order valence-corrected chi connectivity index (χ3v) is 3.37. The van der Waals surface area contributed by atoms with Crippen LogP contribution in [-0.2, 0) is 0 Å². The first-order valence-electron chi connectivity index (χ1n) is 5.75. The highest BCUT2D eigenvalue weighted by Crippen LogP contribution is 2.25. The Bertz CT molecular complexity index is 428. The molecule has 17 heavy (non-hydrogen) atoms. The first-order valence-corrected chi connectivity index (χ1v) is 6.12. The number of anilines is 1. The molecule has 0 aliphatic carbocycles. The molecular formula is C12H16ClN3O. The Balaban J connectivity index is 2.23. The number of amidine groups is 1. The summed E-state index contributed by atoms with van der Waals surface area (Å²) >= 11 is 6.12. The number of halogens is 1. The van der Waals surface area contributed by atoms with E-state index in [0.717, 1.165) is 18.8 Å². The average Bonchev–Trinajstić information content (AvgIpc) is 2.39. The summed E-state index contributed by atoms with van der Waals surface area (Å²) in [4.78, 5) is 2.31. The Labute approximate surface area is 106 Å². The van der Waals surface area contributed by atoms with Gasteiger partial charge in [-0.3, -0.25) is 0 Å². The largest absolute Gasteiger partial charge is 0.409 e. The summed E-state index contributed by atoms with van der Waals surface area (Å²) in [6.45, 7) is 2.14. The molecule has 1 fully saturated rings. The zero-order valence-corrected chi connectivity index (χ0v) is 10.3. The van der Waals surface area contributed by atoms with Gasteiger partial charge in [0.05, 0.1) is 5.02 Å². The summed E-state index contributed by atoms with van der Waals surface area (Å²) in [6.07, 6.45) is 3.74. The first-order chi connectivity index (χ1) is 8.22. The zero-order valence-electron chi connectivity index (χ0n) is 9.56. The molecule has 1 heterocycles. The molecule has 1 aromatic rings. The van der Waals surface area contributed by atoms with Crippen LogP contribution in [0.2, 0.25) is 5.02 Å². The summed E-state index contributed by atoms with van der Waals surface area (Å²) in [5, 5.41) is 12.1. The molecule has 5 heteroatoms. The molecule has 0 saturated carbocycles. The standard InChI is InChI=1S/C12H16ClN3O/c13-11-8-9(16-6-2-1-3-7-16)4-5-10(11)12(14)15-17/h4-5,8,17H,1-3,6-7H2,(H2,14,15). The highest BCUT2D eigenvalue weighted by Gasteiger charge is 2.13. The highest BCUT2D eigenvalue weighted by molar-refractivity contribution is 6.34. The molecule has 1 aliphatic heterocycles. The van der Waals surface area contributed by atoms with Crippen molar-refractivity contribution >= 4 is 23.1 Å². The molecule has 1 saturated heterocycles. The van der Waals surface area contributed by atoms with Crippen molar-refractivity contribution in [2.45, 2.75) is 19.3 Å². The van der Waals surface area contributed by atoms with Gasteiger partial charge in [-0.1, -0.05) is 16.8 Å². The van der Waals surface area contributed by atoms with E-state index < -0.39 is 0 Å². The van der Waals surface area contributed by atoms with E-state index in [1.807, 2.05) is 12.1 Å². The van der Waals surface area contributed by atoms with E-state index in [0.29, 0.717) is 10.6 Å². The van der Waals surface area contributed by atoms with Crippen LogP contribution in [0.5, 0.6) is 0 Å². The van der Waals surface area contributed by atoms with Gasteiger partial charge in [0.2, 0.25) is 0 Å². The van der Waals surface area contributed by atoms with E-state index >= 15 is 0 Å². The molecule has 1 aromatic carbocycles. The normalized spacial score (nSPS) is 17.2. The maximum absolute atomic E-state index is 8.62. The lowest BCUT2D eigenvalue weighted by Crippen LogP contribution is -2.29. The molecule has 92 valence electrons. The summed E-state index contributed by atoms with van der Waals surface area (Å²) in [5.74, 6) is 0.0418. The molecule has 2 rings (SSSR count). The molecule has 3 N–H and O–H groups in total. The Hall–Kier alpha value is -1.42. The monoisotopic (exact) mass is 253 g/mol. The maximum atomic E-state index is 8.62. The van der Waals surface area contributed by atoms with Crippen molar-refractivity contribution in [1.29, 1.82) is 0 Å². The van der Waals surface area contributed by atoms with Crippen molar-refractivity contribution in [3.63, 3.8) is 0 Å². The SMILES string of the molecule is NC(=NO)c1ccc(N2CCCCC2)cc1Cl. The first kappa shape index (κ1) is 12.0. The Morgan fingerprint density at radius 3 is 2.59 bits per heavy atom. The number of nitrogens with two attached hydrogens (primary N) is 1. The van der Waals surface area contributed by atoms with Crippen molar-refractivity contribution in [3.05, 3.63) is 28.8 Å². The number of oxime groups is 1. The summed E-state index contributed by atoms with van der Waals surface area (Å²) in [6, 6.07) is 5.63. The number of rotatable bonds is 2. The minimum Gasteiger partial charge on any atom is -0.409 e. The summed E-state index contributed by atoms with van der Waals surface area (Å²) < 4.78 is 0. The predicted molar refractivity (Wildman–Crippen MR) is 70.0 cm³/mol. The third kappa shape index (κ3) is 2.64. The van der Waals surface area contributed by atoms with Gasteiger partial charge in [-0.05, 0) is 37.5 Å². The predicted octanol–water partition coefficient (Wildman–Crippen LogP) is 2.42. The maximum Gasteiger partial charge on any atom is 0.171 e. The lowest BCUT2D eigenvalue weighted by molar-refractivity contribution is 0.318. The van der Waals surface area contributed by atoms with Gasteiger partial charge in [0.15, 0.2) is 5.84 Å². The van der Waals surface area contributed by atoms with E-state index in [9.17, 15) is 0 Å². The van der Waals surface area contributed by atoms with Crippen LogP contribution in [0.1, 0.15) is 24.8 Å². The van der Waals surface area contributed by atoms with Crippen molar-refractivity contribution in [1.82, 2.24) is 0 Å². The fraction of sp³-hybridized carbons (Fsp3) is 0.417. The van der Waals surface area contributed by atoms with Gasteiger partial charge in [-0.15, -0.1) is 0 Å². The minimum absolute atomic E-state index is 0.0418. The quantitative estimate of drug-likeness (QED) is 0.368. The van der Waals surface area contributed by atoms with Crippen molar-refractivity contribution in [2.75, 3.05) is 18.0 Å². The Kier molecular flexibility index (Phi) is 3.74. The lowest BCUT2D eigenvalue weighted by Gasteiger charge is -2.29. The molecule has 0 spiro atoms. The van der Waals surface area contributed by atoms with Crippen LogP contribution in [0, 0.1) is 0 Å². The lowest BCUT2D eigenvalue weighted by atomic mass is 10.1. The van der Waals surface area contributed by atoms with E-state index in [1.165, 1.54) is 19.3 Å².